The second-order valence-corrected chi connectivity index (χ2v) is 2.92. The number of ether oxygens (including phenoxy) is 1. The molecule has 0 atom stereocenters. The van der Waals surface area contributed by atoms with Gasteiger partial charge in [0.2, 0.25) is 0 Å². The van der Waals surface area contributed by atoms with E-state index in [1.54, 1.807) is 0 Å². The molecule has 0 radical (unpaired) electrons. The molecule has 0 amide bonds. The van der Waals surface area contributed by atoms with Gasteiger partial charge in [-0.25, -0.2) is 0 Å². The lowest BCUT2D eigenvalue weighted by atomic mass is 10.0. The van der Waals surface area contributed by atoms with E-state index in [2.05, 4.69) is 4.74 Å². The van der Waals surface area contributed by atoms with Crippen molar-refractivity contribution in [3.05, 3.63) is 0 Å². The summed E-state index contributed by atoms with van der Waals surface area (Å²) in [5.41, 5.74) is 0. The van der Waals surface area contributed by atoms with Crippen molar-refractivity contribution in [2.75, 3.05) is 39.6 Å². The Morgan fingerprint density at radius 1 is 0.600 bits per heavy atom. The van der Waals surface area contributed by atoms with Crippen LogP contribution in [0, 0.1) is 0 Å². The van der Waals surface area contributed by atoms with Crippen LogP contribution in [-0.2, 0) is 4.74 Å². The fourth-order valence-electron chi connectivity index (χ4n) is 0.481. The number of rotatable bonds is 5. The minimum absolute atomic E-state index is 0.0278. The van der Waals surface area contributed by atoms with Crippen LogP contribution >= 0.6 is 0 Å². The minimum Gasteiger partial charge on any atom is -0.394 e. The quantitative estimate of drug-likeness (QED) is 0.474. The van der Waals surface area contributed by atoms with E-state index in [0.717, 1.165) is 0 Å². The van der Waals surface area contributed by atoms with Crippen molar-refractivity contribution in [3.8, 4) is 0 Å². The zero-order valence-electron chi connectivity index (χ0n) is 9.27. The second-order valence-electron chi connectivity index (χ2n) is 2.92. The molecule has 0 bridgehead atoms. The summed E-state index contributed by atoms with van der Waals surface area (Å²) in [5.74, 6) is 0. The maximum atomic E-state index is 8.09. The summed E-state index contributed by atoms with van der Waals surface area (Å²) in [6.45, 7) is 0.446. The van der Waals surface area contributed by atoms with E-state index >= 15 is 0 Å². The first kappa shape index (κ1) is 17.2. The van der Waals surface area contributed by atoms with Crippen LogP contribution in [0.15, 0.2) is 0 Å². The number of aliphatic hydroxyl groups is 4. The molecule has 1 aliphatic rings. The van der Waals surface area contributed by atoms with Crippen molar-refractivity contribution in [3.63, 3.8) is 0 Å². The maximum Gasteiger partial charge on any atom is 0.0698 e. The van der Waals surface area contributed by atoms with Gasteiger partial charge in [-0.05, 0) is 0 Å². The van der Waals surface area contributed by atoms with Crippen LogP contribution in [0.4, 0.5) is 0 Å². The molecule has 1 saturated carbocycles. The fourth-order valence-corrected chi connectivity index (χ4v) is 0.481. The highest BCUT2D eigenvalue weighted by Gasteiger charge is 1.95. The van der Waals surface area contributed by atoms with Crippen molar-refractivity contribution in [1.29, 1.82) is 0 Å². The largest absolute Gasteiger partial charge is 0.394 e. The summed E-state index contributed by atoms with van der Waals surface area (Å²) in [7, 11) is 0. The van der Waals surface area contributed by atoms with Crippen LogP contribution in [0.3, 0.4) is 0 Å². The van der Waals surface area contributed by atoms with E-state index in [4.69, 9.17) is 20.4 Å². The first-order chi connectivity index (χ1) is 7.33. The third-order valence-electron chi connectivity index (χ3n) is 1.57. The molecule has 0 aromatic carbocycles. The summed E-state index contributed by atoms with van der Waals surface area (Å²) < 4.78 is 4.63. The highest BCUT2D eigenvalue weighted by atomic mass is 16.5. The van der Waals surface area contributed by atoms with Crippen LogP contribution in [0.25, 0.3) is 0 Å². The smallest absolute Gasteiger partial charge is 0.0698 e. The van der Waals surface area contributed by atoms with E-state index in [-0.39, 0.29) is 26.4 Å². The molecular weight excluding hydrogens is 200 g/mol. The predicted molar refractivity (Wildman–Crippen MR) is 57.6 cm³/mol. The minimum atomic E-state index is -0.125. The van der Waals surface area contributed by atoms with Crippen LogP contribution in [0.2, 0.25) is 0 Å². The number of hydrogen-bond donors (Lipinski definition) is 4. The molecule has 0 heterocycles. The normalized spacial score (nSPS) is 12.8. The zero-order valence-corrected chi connectivity index (χ0v) is 9.27. The molecule has 0 aromatic heterocycles. The van der Waals surface area contributed by atoms with Gasteiger partial charge in [0.15, 0.2) is 0 Å². The lowest BCUT2D eigenvalue weighted by Crippen LogP contribution is -2.03. The van der Waals surface area contributed by atoms with Crippen LogP contribution in [0.1, 0.15) is 25.7 Å². The van der Waals surface area contributed by atoms with Crippen LogP contribution in [-0.4, -0.2) is 60.1 Å². The van der Waals surface area contributed by atoms with Crippen LogP contribution < -0.4 is 0 Å². The molecule has 0 aliphatic heterocycles. The number of hydrogen-bond acceptors (Lipinski definition) is 5. The third kappa shape index (κ3) is 24.8. The molecule has 1 fully saturated rings. The molecule has 0 unspecified atom stereocenters. The number of aliphatic hydroxyl groups excluding tert-OH is 4. The summed E-state index contributed by atoms with van der Waals surface area (Å²) in [6.07, 6.45) is 6.00. The van der Waals surface area contributed by atoms with Gasteiger partial charge >= 0.3 is 0 Å². The monoisotopic (exact) mass is 224 g/mol. The molecule has 0 spiro atoms. The predicted octanol–water partition coefficient (Wildman–Crippen LogP) is -0.481. The molecule has 0 saturated heterocycles. The first-order valence-corrected chi connectivity index (χ1v) is 5.34. The van der Waals surface area contributed by atoms with E-state index in [1.165, 1.54) is 25.7 Å². The Morgan fingerprint density at radius 2 is 0.933 bits per heavy atom. The Morgan fingerprint density at radius 3 is 1.07 bits per heavy atom. The van der Waals surface area contributed by atoms with Gasteiger partial charge in [-0.2, -0.15) is 0 Å². The molecule has 1 aliphatic carbocycles. The Balaban J connectivity index is 0. The summed E-state index contributed by atoms with van der Waals surface area (Å²) >= 11 is 0. The highest BCUT2D eigenvalue weighted by molar-refractivity contribution is 4.50. The molecular formula is C10H24O5. The Kier molecular flexibility index (Phi) is 22.2. The van der Waals surface area contributed by atoms with Gasteiger partial charge in [0.05, 0.1) is 39.6 Å². The van der Waals surface area contributed by atoms with Gasteiger partial charge < -0.3 is 25.2 Å². The summed E-state index contributed by atoms with van der Waals surface area (Å²) in [4.78, 5) is 0. The fraction of sp³-hybridized carbons (Fsp3) is 1.00. The van der Waals surface area contributed by atoms with Gasteiger partial charge in [0.1, 0.15) is 0 Å². The molecule has 94 valence electrons. The Labute approximate surface area is 91.3 Å². The van der Waals surface area contributed by atoms with Crippen molar-refractivity contribution < 1.29 is 25.2 Å². The third-order valence-corrected chi connectivity index (χ3v) is 1.57. The van der Waals surface area contributed by atoms with E-state index in [9.17, 15) is 0 Å². The standard InChI is InChI=1S/C4H10O3.C4H8.C2H6O2/c5-1-3-7-4-2-6;1-2-4-3-1;3-1-2-4/h5-6H,1-4H2;1-4H2;3-4H,1-2H2. The first-order valence-electron chi connectivity index (χ1n) is 5.34. The summed E-state index contributed by atoms with van der Waals surface area (Å²) in [5, 5.41) is 31.4. The van der Waals surface area contributed by atoms with Gasteiger partial charge in [-0.3, -0.25) is 0 Å². The second kappa shape index (κ2) is 19.4. The van der Waals surface area contributed by atoms with Crippen molar-refractivity contribution in [2.45, 2.75) is 25.7 Å². The lowest BCUT2D eigenvalue weighted by Gasteiger charge is -2.05. The van der Waals surface area contributed by atoms with Gasteiger partial charge in [-0.15, -0.1) is 0 Å². The molecule has 1 rings (SSSR count). The maximum absolute atomic E-state index is 8.09. The van der Waals surface area contributed by atoms with Crippen molar-refractivity contribution in [1.82, 2.24) is 0 Å². The summed E-state index contributed by atoms with van der Waals surface area (Å²) in [6, 6.07) is 0. The zero-order chi connectivity index (χ0) is 11.8. The van der Waals surface area contributed by atoms with Gasteiger partial charge in [0.25, 0.3) is 0 Å². The molecule has 15 heavy (non-hydrogen) atoms. The lowest BCUT2D eigenvalue weighted by molar-refractivity contribution is 0.0650. The average Bonchev–Trinajstić information content (AvgIpc) is 2.17. The van der Waals surface area contributed by atoms with Gasteiger partial charge in [0, 0.05) is 0 Å². The van der Waals surface area contributed by atoms with Crippen molar-refractivity contribution >= 4 is 0 Å². The molecule has 0 aromatic rings. The van der Waals surface area contributed by atoms with E-state index in [0.29, 0.717) is 13.2 Å². The van der Waals surface area contributed by atoms with Crippen LogP contribution in [0.5, 0.6) is 0 Å². The van der Waals surface area contributed by atoms with E-state index in [1.807, 2.05) is 0 Å². The molecule has 4 N–H and O–H groups in total. The van der Waals surface area contributed by atoms with Gasteiger partial charge in [-0.1, -0.05) is 25.7 Å². The average molecular weight is 224 g/mol. The molecule has 5 nitrogen and oxygen atoms in total. The molecule has 5 heteroatoms. The van der Waals surface area contributed by atoms with Crippen molar-refractivity contribution in [2.24, 2.45) is 0 Å². The topological polar surface area (TPSA) is 90.2 Å². The van der Waals surface area contributed by atoms with E-state index < -0.39 is 0 Å². The Hall–Kier alpha value is -0.200. The highest BCUT2D eigenvalue weighted by Crippen LogP contribution is 2.15. The SMILES string of the molecule is C1CCC1.OCCO.OCCOCCO. The Bertz CT molecular complexity index is 75.9.